The summed E-state index contributed by atoms with van der Waals surface area (Å²) in [5, 5.41) is 5.06. The molecule has 0 aromatic carbocycles. The molecule has 1 heterocycles. The second kappa shape index (κ2) is 7.28. The number of aliphatic imine (C=N–C) groups is 1. The van der Waals surface area contributed by atoms with Crippen LogP contribution in [0, 0.1) is 0 Å². The van der Waals surface area contributed by atoms with Crippen molar-refractivity contribution in [3.8, 4) is 0 Å². The predicted molar refractivity (Wildman–Crippen MR) is 70.1 cm³/mol. The zero-order valence-corrected chi connectivity index (χ0v) is 11.1. The van der Waals surface area contributed by atoms with E-state index in [0.717, 1.165) is 30.4 Å². The molecule has 88 valence electrons. The zero-order chi connectivity index (χ0) is 11.1. The molecule has 1 aliphatic heterocycles. The number of rotatable bonds is 6. The molecule has 0 amide bonds. The Labute approximate surface area is 99.0 Å². The Morgan fingerprint density at radius 3 is 3.13 bits per heavy atom. The van der Waals surface area contributed by atoms with Gasteiger partial charge in [0.15, 0.2) is 5.17 Å². The standard InChI is InChI=1S/C10H20N2OS2/c1-3-5-9-8-12-10(14-9)11-6-4-7-15(2)13/h9H,3-8H2,1-2H3,(H,11,12). The lowest BCUT2D eigenvalue weighted by Gasteiger charge is -2.07. The van der Waals surface area contributed by atoms with Gasteiger partial charge in [0, 0.05) is 34.6 Å². The minimum absolute atomic E-state index is 0.665. The number of amidine groups is 1. The van der Waals surface area contributed by atoms with Gasteiger partial charge >= 0.3 is 0 Å². The summed E-state index contributed by atoms with van der Waals surface area (Å²) < 4.78 is 10.8. The molecule has 1 rings (SSSR count). The topological polar surface area (TPSA) is 41.5 Å². The lowest BCUT2D eigenvalue weighted by atomic mass is 10.2. The largest absolute Gasteiger partial charge is 0.365 e. The highest BCUT2D eigenvalue weighted by Gasteiger charge is 2.17. The Kier molecular flexibility index (Phi) is 6.32. The molecule has 0 fully saturated rings. The van der Waals surface area contributed by atoms with Crippen LogP contribution in [0.5, 0.6) is 0 Å². The molecule has 0 saturated carbocycles. The summed E-state index contributed by atoms with van der Waals surface area (Å²) in [6, 6.07) is 0. The van der Waals surface area contributed by atoms with Gasteiger partial charge in [-0.15, -0.1) is 0 Å². The molecule has 0 radical (unpaired) electrons. The second-order valence-electron chi connectivity index (χ2n) is 3.73. The monoisotopic (exact) mass is 248 g/mol. The van der Waals surface area contributed by atoms with E-state index in [1.807, 2.05) is 11.8 Å². The summed E-state index contributed by atoms with van der Waals surface area (Å²) in [4.78, 5) is 4.45. The van der Waals surface area contributed by atoms with Crippen LogP contribution in [0.25, 0.3) is 0 Å². The van der Waals surface area contributed by atoms with Gasteiger partial charge in [-0.1, -0.05) is 25.1 Å². The van der Waals surface area contributed by atoms with Gasteiger partial charge in [-0.05, 0) is 12.8 Å². The molecule has 15 heavy (non-hydrogen) atoms. The quantitative estimate of drug-likeness (QED) is 0.726. The van der Waals surface area contributed by atoms with Gasteiger partial charge in [0.2, 0.25) is 0 Å². The summed E-state index contributed by atoms with van der Waals surface area (Å²) in [6.07, 6.45) is 5.19. The molecule has 2 atom stereocenters. The molecule has 0 aliphatic carbocycles. The second-order valence-corrected chi connectivity index (χ2v) is 6.58. The van der Waals surface area contributed by atoms with E-state index in [-0.39, 0.29) is 0 Å². The summed E-state index contributed by atoms with van der Waals surface area (Å²) in [7, 11) is -0.665. The number of nitrogens with zero attached hydrogens (tertiary/aromatic N) is 1. The highest BCUT2D eigenvalue weighted by molar-refractivity contribution is 8.14. The molecule has 2 unspecified atom stereocenters. The van der Waals surface area contributed by atoms with E-state index < -0.39 is 10.8 Å². The van der Waals surface area contributed by atoms with Crippen LogP contribution in [-0.2, 0) is 10.8 Å². The predicted octanol–water partition coefficient (Wildman–Crippen LogP) is 1.62. The van der Waals surface area contributed by atoms with E-state index in [1.165, 1.54) is 12.8 Å². The maximum Gasteiger partial charge on any atom is 0.156 e. The van der Waals surface area contributed by atoms with E-state index in [1.54, 1.807) is 6.26 Å². The molecule has 0 saturated heterocycles. The fraction of sp³-hybridized carbons (Fsp3) is 0.900. The average Bonchev–Trinajstić information content (AvgIpc) is 2.61. The van der Waals surface area contributed by atoms with E-state index in [4.69, 9.17) is 0 Å². The maximum absolute atomic E-state index is 10.8. The first-order valence-electron chi connectivity index (χ1n) is 5.47. The Morgan fingerprint density at radius 2 is 2.47 bits per heavy atom. The normalized spacial score (nSPS) is 22.5. The summed E-state index contributed by atoms with van der Waals surface area (Å²) >= 11 is 1.86. The third kappa shape index (κ3) is 5.56. The molecular weight excluding hydrogens is 228 g/mol. The van der Waals surface area contributed by atoms with Gasteiger partial charge in [-0.25, -0.2) is 0 Å². The van der Waals surface area contributed by atoms with Crippen molar-refractivity contribution >= 4 is 27.7 Å². The van der Waals surface area contributed by atoms with Crippen molar-refractivity contribution < 1.29 is 4.21 Å². The fourth-order valence-corrected chi connectivity index (χ4v) is 3.16. The first-order chi connectivity index (χ1) is 7.22. The fourth-order valence-electron chi connectivity index (χ4n) is 1.46. The third-order valence-electron chi connectivity index (χ3n) is 2.21. The van der Waals surface area contributed by atoms with Gasteiger partial charge in [0.1, 0.15) is 0 Å². The first-order valence-corrected chi connectivity index (χ1v) is 8.08. The summed E-state index contributed by atoms with van der Waals surface area (Å²) in [5.74, 6) is 0.781. The van der Waals surface area contributed by atoms with Gasteiger partial charge in [0.25, 0.3) is 0 Å². The van der Waals surface area contributed by atoms with Crippen molar-refractivity contribution in [1.29, 1.82) is 0 Å². The Bertz CT molecular complexity index is 244. The van der Waals surface area contributed by atoms with Gasteiger partial charge in [-0.2, -0.15) is 0 Å². The average molecular weight is 248 g/mol. The number of hydrogen-bond donors (Lipinski definition) is 1. The summed E-state index contributed by atoms with van der Waals surface area (Å²) in [5.41, 5.74) is 0. The first kappa shape index (κ1) is 13.0. The Hall–Kier alpha value is -0.0300. The lowest BCUT2D eigenvalue weighted by Crippen LogP contribution is -2.22. The van der Waals surface area contributed by atoms with Gasteiger partial charge in [0.05, 0.1) is 6.54 Å². The molecule has 0 spiro atoms. The van der Waals surface area contributed by atoms with Crippen molar-refractivity contribution in [2.75, 3.05) is 25.1 Å². The van der Waals surface area contributed by atoms with Crippen LogP contribution in [0.2, 0.25) is 0 Å². The highest BCUT2D eigenvalue weighted by Crippen LogP contribution is 2.23. The molecule has 5 heteroatoms. The molecule has 0 aromatic rings. The van der Waals surface area contributed by atoms with E-state index in [0.29, 0.717) is 5.25 Å². The number of thioether (sulfide) groups is 1. The molecule has 1 aliphatic rings. The van der Waals surface area contributed by atoms with Crippen LogP contribution in [0.3, 0.4) is 0 Å². The third-order valence-corrected chi connectivity index (χ3v) is 4.29. The maximum atomic E-state index is 10.8. The van der Waals surface area contributed by atoms with Crippen LogP contribution in [-0.4, -0.2) is 39.7 Å². The van der Waals surface area contributed by atoms with E-state index in [9.17, 15) is 4.21 Å². The van der Waals surface area contributed by atoms with Crippen LogP contribution < -0.4 is 5.32 Å². The van der Waals surface area contributed by atoms with Crippen molar-refractivity contribution in [3.05, 3.63) is 0 Å². The molecule has 3 nitrogen and oxygen atoms in total. The van der Waals surface area contributed by atoms with Crippen molar-refractivity contribution in [2.24, 2.45) is 4.99 Å². The molecule has 0 bridgehead atoms. The van der Waals surface area contributed by atoms with Crippen molar-refractivity contribution in [2.45, 2.75) is 31.4 Å². The minimum atomic E-state index is -0.665. The van der Waals surface area contributed by atoms with E-state index in [2.05, 4.69) is 17.2 Å². The molecule has 1 N–H and O–H groups in total. The van der Waals surface area contributed by atoms with Crippen LogP contribution in [0.15, 0.2) is 4.99 Å². The highest BCUT2D eigenvalue weighted by atomic mass is 32.2. The SMILES string of the molecule is CCCC1CN=C(NCCCS(C)=O)S1. The summed E-state index contributed by atoms with van der Waals surface area (Å²) in [6.45, 7) is 4.06. The smallest absolute Gasteiger partial charge is 0.156 e. The zero-order valence-electron chi connectivity index (χ0n) is 9.49. The van der Waals surface area contributed by atoms with Gasteiger partial charge < -0.3 is 5.32 Å². The Balaban J connectivity index is 2.06. The van der Waals surface area contributed by atoms with Crippen LogP contribution in [0.4, 0.5) is 0 Å². The number of nitrogens with one attached hydrogen (secondary N) is 1. The Morgan fingerprint density at radius 1 is 1.67 bits per heavy atom. The lowest BCUT2D eigenvalue weighted by molar-refractivity contribution is 0.683. The van der Waals surface area contributed by atoms with Crippen molar-refractivity contribution in [1.82, 2.24) is 5.32 Å². The van der Waals surface area contributed by atoms with E-state index >= 15 is 0 Å². The minimum Gasteiger partial charge on any atom is -0.365 e. The van der Waals surface area contributed by atoms with Crippen molar-refractivity contribution in [3.63, 3.8) is 0 Å². The van der Waals surface area contributed by atoms with Crippen LogP contribution in [0.1, 0.15) is 26.2 Å². The molecule has 0 aromatic heterocycles. The van der Waals surface area contributed by atoms with Crippen LogP contribution >= 0.6 is 11.8 Å². The number of hydrogen-bond acceptors (Lipinski definition) is 4. The van der Waals surface area contributed by atoms with Gasteiger partial charge in [-0.3, -0.25) is 9.20 Å². The molecular formula is C10H20N2OS2.